The first kappa shape index (κ1) is 15.0. The third kappa shape index (κ3) is 3.03. The molecule has 0 unspecified atom stereocenters. The van der Waals surface area contributed by atoms with Crippen molar-refractivity contribution in [2.45, 2.75) is 4.90 Å². The number of nitrogens with zero attached hydrogens (tertiary/aromatic N) is 2. The van der Waals surface area contributed by atoms with Crippen LogP contribution >= 0.6 is 0 Å². The summed E-state index contributed by atoms with van der Waals surface area (Å²) in [5.41, 5.74) is 6.41. The standard InChI is InChI=1S/C12H15N5O3S/c1-17(2)21(19,20)9-5-3-8(4-6-9)15-12(18)11-10(13)7-14-16-11/h3-7H,13H2,1-2H3,(H,14,16)(H,15,18). The molecule has 0 saturated heterocycles. The van der Waals surface area contributed by atoms with Crippen LogP contribution in [0.15, 0.2) is 35.4 Å². The summed E-state index contributed by atoms with van der Waals surface area (Å²) in [6, 6.07) is 5.84. The Morgan fingerprint density at radius 2 is 1.90 bits per heavy atom. The summed E-state index contributed by atoms with van der Waals surface area (Å²) >= 11 is 0. The maximum absolute atomic E-state index is 11.9. The van der Waals surface area contributed by atoms with Crippen molar-refractivity contribution >= 4 is 27.3 Å². The Morgan fingerprint density at radius 1 is 1.29 bits per heavy atom. The highest BCUT2D eigenvalue weighted by molar-refractivity contribution is 7.89. The molecule has 21 heavy (non-hydrogen) atoms. The van der Waals surface area contributed by atoms with Crippen molar-refractivity contribution in [1.82, 2.24) is 14.5 Å². The summed E-state index contributed by atoms with van der Waals surface area (Å²) in [4.78, 5) is 12.0. The maximum atomic E-state index is 11.9. The first-order chi connectivity index (χ1) is 9.82. The van der Waals surface area contributed by atoms with Crippen molar-refractivity contribution in [3.05, 3.63) is 36.2 Å². The first-order valence-electron chi connectivity index (χ1n) is 5.95. The van der Waals surface area contributed by atoms with Gasteiger partial charge in [-0.05, 0) is 24.3 Å². The van der Waals surface area contributed by atoms with Gasteiger partial charge < -0.3 is 11.1 Å². The summed E-state index contributed by atoms with van der Waals surface area (Å²) in [5.74, 6) is -0.451. The van der Waals surface area contributed by atoms with E-state index in [0.717, 1.165) is 4.31 Å². The van der Waals surface area contributed by atoms with Gasteiger partial charge in [-0.25, -0.2) is 12.7 Å². The average Bonchev–Trinajstić information content (AvgIpc) is 2.85. The Hall–Kier alpha value is -2.39. The number of H-pyrrole nitrogens is 1. The van der Waals surface area contributed by atoms with Crippen molar-refractivity contribution in [2.24, 2.45) is 0 Å². The van der Waals surface area contributed by atoms with Crippen molar-refractivity contribution < 1.29 is 13.2 Å². The van der Waals surface area contributed by atoms with Crippen LogP contribution in [0.4, 0.5) is 11.4 Å². The molecule has 2 aromatic rings. The first-order valence-corrected chi connectivity index (χ1v) is 7.39. The predicted molar refractivity (Wildman–Crippen MR) is 78.3 cm³/mol. The lowest BCUT2D eigenvalue weighted by Gasteiger charge is -2.11. The molecule has 1 amide bonds. The zero-order valence-electron chi connectivity index (χ0n) is 11.5. The number of amides is 1. The van der Waals surface area contributed by atoms with Crippen LogP contribution in [0.25, 0.3) is 0 Å². The van der Waals surface area contributed by atoms with Gasteiger partial charge in [0.25, 0.3) is 5.91 Å². The van der Waals surface area contributed by atoms with E-state index < -0.39 is 15.9 Å². The molecule has 1 aromatic heterocycles. The van der Waals surface area contributed by atoms with E-state index in [9.17, 15) is 13.2 Å². The number of anilines is 2. The Labute approximate surface area is 122 Å². The number of sulfonamides is 1. The van der Waals surface area contributed by atoms with Crippen LogP contribution < -0.4 is 11.1 Å². The van der Waals surface area contributed by atoms with Gasteiger partial charge in [0, 0.05) is 19.8 Å². The van der Waals surface area contributed by atoms with Gasteiger partial charge in [-0.15, -0.1) is 0 Å². The van der Waals surface area contributed by atoms with Crippen LogP contribution in [-0.2, 0) is 10.0 Å². The summed E-state index contributed by atoms with van der Waals surface area (Å²) < 4.78 is 24.9. The summed E-state index contributed by atoms with van der Waals surface area (Å²) in [6.07, 6.45) is 1.33. The molecule has 0 saturated carbocycles. The van der Waals surface area contributed by atoms with E-state index in [1.165, 1.54) is 44.6 Å². The molecule has 112 valence electrons. The highest BCUT2D eigenvalue weighted by Gasteiger charge is 2.17. The largest absolute Gasteiger partial charge is 0.396 e. The van der Waals surface area contributed by atoms with Crippen LogP contribution in [0.2, 0.25) is 0 Å². The molecule has 0 aliphatic carbocycles. The van der Waals surface area contributed by atoms with Crippen LogP contribution in [0.3, 0.4) is 0 Å². The van der Waals surface area contributed by atoms with E-state index in [1.54, 1.807) is 0 Å². The number of nitrogen functional groups attached to an aromatic ring is 1. The number of carbonyl (C=O) groups excluding carboxylic acids is 1. The molecule has 0 aliphatic heterocycles. The SMILES string of the molecule is CN(C)S(=O)(=O)c1ccc(NC(=O)c2[nH]ncc2N)cc1. The third-order valence-corrected chi connectivity index (χ3v) is 4.62. The average molecular weight is 309 g/mol. The second-order valence-electron chi connectivity index (χ2n) is 4.47. The fourth-order valence-electron chi connectivity index (χ4n) is 1.59. The fourth-order valence-corrected chi connectivity index (χ4v) is 2.49. The van der Waals surface area contributed by atoms with E-state index in [-0.39, 0.29) is 16.3 Å². The third-order valence-electron chi connectivity index (χ3n) is 2.79. The van der Waals surface area contributed by atoms with Crippen molar-refractivity contribution in [3.8, 4) is 0 Å². The van der Waals surface area contributed by atoms with Gasteiger partial charge in [0.2, 0.25) is 10.0 Å². The molecule has 0 radical (unpaired) electrons. The maximum Gasteiger partial charge on any atom is 0.275 e. The predicted octanol–water partition coefficient (Wildman–Crippen LogP) is 0.494. The van der Waals surface area contributed by atoms with Crippen molar-refractivity contribution in [1.29, 1.82) is 0 Å². The van der Waals surface area contributed by atoms with E-state index in [2.05, 4.69) is 15.5 Å². The summed E-state index contributed by atoms with van der Waals surface area (Å²) in [6.45, 7) is 0. The van der Waals surface area contributed by atoms with Crippen LogP contribution in [0, 0.1) is 0 Å². The molecule has 2 rings (SSSR count). The zero-order valence-corrected chi connectivity index (χ0v) is 12.3. The van der Waals surface area contributed by atoms with Gasteiger partial charge in [-0.3, -0.25) is 9.89 Å². The lowest BCUT2D eigenvalue weighted by Crippen LogP contribution is -2.22. The smallest absolute Gasteiger partial charge is 0.275 e. The summed E-state index contributed by atoms with van der Waals surface area (Å²) in [5, 5.41) is 8.74. The molecule has 0 spiro atoms. The number of carbonyl (C=O) groups is 1. The number of benzene rings is 1. The topological polar surface area (TPSA) is 121 Å². The minimum atomic E-state index is -3.49. The Bertz CT molecular complexity index is 749. The van der Waals surface area contributed by atoms with Gasteiger partial charge >= 0.3 is 0 Å². The lowest BCUT2D eigenvalue weighted by atomic mass is 10.3. The number of rotatable bonds is 4. The van der Waals surface area contributed by atoms with Gasteiger partial charge in [-0.1, -0.05) is 0 Å². The molecular weight excluding hydrogens is 294 g/mol. The molecule has 0 atom stereocenters. The van der Waals surface area contributed by atoms with Crippen LogP contribution in [0.5, 0.6) is 0 Å². The molecule has 0 aliphatic rings. The molecule has 0 bridgehead atoms. The molecule has 4 N–H and O–H groups in total. The number of hydrogen-bond donors (Lipinski definition) is 3. The fraction of sp³-hybridized carbons (Fsp3) is 0.167. The van der Waals surface area contributed by atoms with Crippen molar-refractivity contribution in [2.75, 3.05) is 25.1 Å². The number of nitrogens with two attached hydrogens (primary N) is 1. The van der Waals surface area contributed by atoms with Gasteiger partial charge in [-0.2, -0.15) is 5.10 Å². The van der Waals surface area contributed by atoms with Crippen LogP contribution in [-0.4, -0.2) is 42.9 Å². The summed E-state index contributed by atoms with van der Waals surface area (Å²) in [7, 11) is -0.587. The van der Waals surface area contributed by atoms with E-state index in [1.807, 2.05) is 0 Å². The van der Waals surface area contributed by atoms with Crippen molar-refractivity contribution in [3.63, 3.8) is 0 Å². The molecule has 0 fully saturated rings. The quantitative estimate of drug-likeness (QED) is 0.759. The highest BCUT2D eigenvalue weighted by Crippen LogP contribution is 2.17. The molecule has 1 heterocycles. The second-order valence-corrected chi connectivity index (χ2v) is 6.62. The number of aromatic amines is 1. The highest BCUT2D eigenvalue weighted by atomic mass is 32.2. The van der Waals surface area contributed by atoms with Gasteiger partial charge in [0.15, 0.2) is 0 Å². The monoisotopic (exact) mass is 309 g/mol. The Kier molecular flexibility index (Phi) is 3.96. The van der Waals surface area contributed by atoms with Gasteiger partial charge in [0.05, 0.1) is 16.8 Å². The normalized spacial score (nSPS) is 11.6. The molecule has 1 aromatic carbocycles. The molecule has 8 nitrogen and oxygen atoms in total. The minimum Gasteiger partial charge on any atom is -0.396 e. The van der Waals surface area contributed by atoms with E-state index in [0.29, 0.717) is 5.69 Å². The lowest BCUT2D eigenvalue weighted by molar-refractivity contribution is 0.102. The molecule has 9 heteroatoms. The van der Waals surface area contributed by atoms with E-state index in [4.69, 9.17) is 5.73 Å². The minimum absolute atomic E-state index is 0.145. The van der Waals surface area contributed by atoms with Gasteiger partial charge in [0.1, 0.15) is 5.69 Å². The number of aromatic nitrogens is 2. The van der Waals surface area contributed by atoms with E-state index >= 15 is 0 Å². The Balaban J connectivity index is 2.17. The Morgan fingerprint density at radius 3 is 2.38 bits per heavy atom. The molecular formula is C12H15N5O3S. The number of hydrogen-bond acceptors (Lipinski definition) is 5. The zero-order chi connectivity index (χ0) is 15.6. The number of nitrogens with one attached hydrogen (secondary N) is 2. The van der Waals surface area contributed by atoms with Crippen LogP contribution in [0.1, 0.15) is 10.5 Å². The second kappa shape index (κ2) is 5.54.